The van der Waals surface area contributed by atoms with Crippen molar-refractivity contribution >= 4 is 11.6 Å². The van der Waals surface area contributed by atoms with E-state index in [0.717, 1.165) is 18.7 Å². The number of hydrazine groups is 1. The maximum atomic E-state index is 5.46. The molecule has 0 bridgehead atoms. The second-order valence-electron chi connectivity index (χ2n) is 4.05. The highest BCUT2D eigenvalue weighted by atomic mass is 16.5. The van der Waals surface area contributed by atoms with Gasteiger partial charge in [-0.05, 0) is 25.5 Å². The second-order valence-corrected chi connectivity index (χ2v) is 4.05. The molecule has 1 fully saturated rings. The summed E-state index contributed by atoms with van der Waals surface area (Å²) in [5, 5.41) is 3.13. The van der Waals surface area contributed by atoms with Crippen LogP contribution in [-0.4, -0.2) is 24.7 Å². The molecule has 0 amide bonds. The number of rotatable bonds is 2. The first-order valence-electron chi connectivity index (χ1n) is 5.77. The molecule has 92 valence electrons. The molecule has 0 saturated carbocycles. The Morgan fingerprint density at radius 1 is 1.41 bits per heavy atom. The number of ether oxygens (including phenoxy) is 1. The normalized spacial score (nSPS) is 24.7. The Labute approximate surface area is 101 Å². The molecule has 1 aromatic carbocycles. The number of anilines is 1. The molecule has 2 rings (SSSR count). The lowest BCUT2D eigenvalue weighted by Gasteiger charge is -2.13. The smallest absolute Gasteiger partial charge is 0.210 e. The van der Waals surface area contributed by atoms with E-state index >= 15 is 0 Å². The molecular weight excluding hydrogens is 216 g/mol. The third-order valence-corrected chi connectivity index (χ3v) is 2.80. The second kappa shape index (κ2) is 5.65. The van der Waals surface area contributed by atoms with Gasteiger partial charge in [0.05, 0.1) is 12.1 Å². The van der Waals surface area contributed by atoms with Gasteiger partial charge in [0.1, 0.15) is 0 Å². The van der Waals surface area contributed by atoms with Crippen molar-refractivity contribution in [2.24, 2.45) is 10.8 Å². The van der Waals surface area contributed by atoms with Crippen LogP contribution < -0.4 is 16.6 Å². The number of nitrogens with one attached hydrogen (secondary N) is 2. The molecule has 0 spiro atoms. The van der Waals surface area contributed by atoms with Crippen molar-refractivity contribution in [1.82, 2.24) is 5.43 Å². The van der Waals surface area contributed by atoms with Gasteiger partial charge in [-0.25, -0.2) is 10.8 Å². The topological polar surface area (TPSA) is 71.7 Å². The van der Waals surface area contributed by atoms with Gasteiger partial charge in [-0.2, -0.15) is 0 Å². The molecule has 5 nitrogen and oxygen atoms in total. The van der Waals surface area contributed by atoms with E-state index in [2.05, 4.69) is 15.7 Å². The predicted octanol–water partition coefficient (Wildman–Crippen LogP) is 1.10. The van der Waals surface area contributed by atoms with Gasteiger partial charge in [0.2, 0.25) is 5.96 Å². The van der Waals surface area contributed by atoms with Gasteiger partial charge in [0.25, 0.3) is 0 Å². The number of para-hydroxylation sites is 1. The first-order chi connectivity index (χ1) is 8.29. The lowest BCUT2D eigenvalue weighted by Crippen LogP contribution is -2.38. The van der Waals surface area contributed by atoms with Crippen molar-refractivity contribution in [3.05, 3.63) is 30.3 Å². The van der Waals surface area contributed by atoms with Gasteiger partial charge in [-0.1, -0.05) is 18.2 Å². The van der Waals surface area contributed by atoms with Gasteiger partial charge in [0.15, 0.2) is 0 Å². The molecular formula is C12H18N4O. The number of nitrogens with zero attached hydrogens (tertiary/aromatic N) is 1. The average molecular weight is 234 g/mol. The molecule has 2 unspecified atom stereocenters. The number of hydrogen-bond donors (Lipinski definition) is 3. The van der Waals surface area contributed by atoms with Crippen LogP contribution in [0.2, 0.25) is 0 Å². The van der Waals surface area contributed by atoms with Crippen LogP contribution in [0.25, 0.3) is 0 Å². The Hall–Kier alpha value is -1.59. The Morgan fingerprint density at radius 2 is 2.18 bits per heavy atom. The summed E-state index contributed by atoms with van der Waals surface area (Å²) in [7, 11) is 0. The van der Waals surface area contributed by atoms with Crippen LogP contribution in [0, 0.1) is 0 Å². The van der Waals surface area contributed by atoms with Crippen LogP contribution in [0.3, 0.4) is 0 Å². The molecule has 0 radical (unpaired) electrons. The van der Waals surface area contributed by atoms with E-state index < -0.39 is 0 Å². The third kappa shape index (κ3) is 3.18. The molecule has 0 aliphatic carbocycles. The van der Waals surface area contributed by atoms with Crippen molar-refractivity contribution in [2.75, 3.05) is 11.9 Å². The highest BCUT2D eigenvalue weighted by molar-refractivity contribution is 5.93. The van der Waals surface area contributed by atoms with Crippen LogP contribution >= 0.6 is 0 Å². The van der Waals surface area contributed by atoms with Crippen molar-refractivity contribution in [3.63, 3.8) is 0 Å². The molecule has 1 saturated heterocycles. The lowest BCUT2D eigenvalue weighted by atomic mass is 10.2. The first kappa shape index (κ1) is 11.9. The van der Waals surface area contributed by atoms with Gasteiger partial charge in [0, 0.05) is 12.3 Å². The Bertz CT molecular complexity index is 379. The Balaban J connectivity index is 2.03. The molecule has 17 heavy (non-hydrogen) atoms. The monoisotopic (exact) mass is 234 g/mol. The highest BCUT2D eigenvalue weighted by Crippen LogP contribution is 2.16. The lowest BCUT2D eigenvalue weighted by molar-refractivity contribution is 0.119. The molecule has 4 N–H and O–H groups in total. The number of benzene rings is 1. The van der Waals surface area contributed by atoms with Crippen molar-refractivity contribution < 1.29 is 4.74 Å². The summed E-state index contributed by atoms with van der Waals surface area (Å²) < 4.78 is 5.46. The molecule has 1 aromatic rings. The molecule has 5 heteroatoms. The van der Waals surface area contributed by atoms with Gasteiger partial charge < -0.3 is 10.1 Å². The van der Waals surface area contributed by atoms with E-state index in [4.69, 9.17) is 10.6 Å². The fraction of sp³-hybridized carbons (Fsp3) is 0.417. The molecule has 1 aliphatic rings. The number of aliphatic imine (C=N–C) groups is 1. The number of nitrogens with two attached hydrogens (primary N) is 1. The van der Waals surface area contributed by atoms with Crippen molar-refractivity contribution in [2.45, 2.75) is 25.5 Å². The van der Waals surface area contributed by atoms with E-state index in [1.165, 1.54) is 0 Å². The van der Waals surface area contributed by atoms with Crippen LogP contribution in [0.4, 0.5) is 5.69 Å². The van der Waals surface area contributed by atoms with E-state index in [0.29, 0.717) is 5.96 Å². The van der Waals surface area contributed by atoms with Crippen LogP contribution in [0.5, 0.6) is 0 Å². The minimum atomic E-state index is 0.149. The van der Waals surface area contributed by atoms with Crippen LogP contribution in [0.1, 0.15) is 13.3 Å². The predicted molar refractivity (Wildman–Crippen MR) is 68.6 cm³/mol. The number of guanidine groups is 1. The Kier molecular flexibility index (Phi) is 3.95. The molecule has 0 aromatic heterocycles. The van der Waals surface area contributed by atoms with Gasteiger partial charge >= 0.3 is 0 Å². The van der Waals surface area contributed by atoms with E-state index in [1.54, 1.807) is 0 Å². The highest BCUT2D eigenvalue weighted by Gasteiger charge is 2.23. The first-order valence-corrected chi connectivity index (χ1v) is 5.77. The summed E-state index contributed by atoms with van der Waals surface area (Å²) in [5.41, 5.74) is 3.54. The molecule has 2 atom stereocenters. The SMILES string of the molecule is CC1OCCC1N=C(NN)Nc1ccccc1. The van der Waals surface area contributed by atoms with Crippen LogP contribution in [-0.2, 0) is 4.74 Å². The van der Waals surface area contributed by atoms with E-state index in [1.807, 2.05) is 37.3 Å². The Morgan fingerprint density at radius 3 is 2.76 bits per heavy atom. The zero-order chi connectivity index (χ0) is 12.1. The fourth-order valence-electron chi connectivity index (χ4n) is 1.82. The van der Waals surface area contributed by atoms with Crippen molar-refractivity contribution in [3.8, 4) is 0 Å². The summed E-state index contributed by atoms with van der Waals surface area (Å²) in [4.78, 5) is 4.51. The summed E-state index contributed by atoms with van der Waals surface area (Å²) in [6, 6.07) is 9.96. The van der Waals surface area contributed by atoms with E-state index in [9.17, 15) is 0 Å². The van der Waals surface area contributed by atoms with Crippen molar-refractivity contribution in [1.29, 1.82) is 0 Å². The summed E-state index contributed by atoms with van der Waals surface area (Å²) in [6.07, 6.45) is 1.08. The quantitative estimate of drug-likeness (QED) is 0.310. The maximum absolute atomic E-state index is 5.46. The maximum Gasteiger partial charge on any atom is 0.210 e. The minimum Gasteiger partial charge on any atom is -0.376 e. The fourth-order valence-corrected chi connectivity index (χ4v) is 1.82. The zero-order valence-electron chi connectivity index (χ0n) is 9.89. The van der Waals surface area contributed by atoms with Gasteiger partial charge in [-0.3, -0.25) is 5.43 Å². The average Bonchev–Trinajstić information content (AvgIpc) is 2.75. The number of hydrogen-bond acceptors (Lipinski definition) is 3. The molecule has 1 aliphatic heterocycles. The molecule has 1 heterocycles. The zero-order valence-corrected chi connectivity index (χ0v) is 9.89. The summed E-state index contributed by atoms with van der Waals surface area (Å²) in [6.45, 7) is 2.79. The van der Waals surface area contributed by atoms with E-state index in [-0.39, 0.29) is 12.1 Å². The van der Waals surface area contributed by atoms with Crippen LogP contribution in [0.15, 0.2) is 35.3 Å². The largest absolute Gasteiger partial charge is 0.376 e. The standard InChI is InChI=1S/C12H18N4O/c1-9-11(7-8-17-9)15-12(16-13)14-10-5-3-2-4-6-10/h2-6,9,11H,7-8,13H2,1H3,(H2,14,15,16). The minimum absolute atomic E-state index is 0.149. The summed E-state index contributed by atoms with van der Waals surface area (Å²) >= 11 is 0. The summed E-state index contributed by atoms with van der Waals surface area (Å²) in [5.74, 6) is 6.03. The van der Waals surface area contributed by atoms with Gasteiger partial charge in [-0.15, -0.1) is 0 Å². The third-order valence-electron chi connectivity index (χ3n) is 2.80.